The van der Waals surface area contributed by atoms with Gasteiger partial charge in [-0.15, -0.1) is 0 Å². The van der Waals surface area contributed by atoms with E-state index in [1.54, 1.807) is 0 Å². The van der Waals surface area contributed by atoms with Gasteiger partial charge in [-0.05, 0) is 30.9 Å². The summed E-state index contributed by atoms with van der Waals surface area (Å²) < 4.78 is 0. The van der Waals surface area contributed by atoms with Crippen molar-refractivity contribution in [1.29, 1.82) is 5.41 Å². The summed E-state index contributed by atoms with van der Waals surface area (Å²) in [4.78, 5) is 2.43. The monoisotopic (exact) mass is 261 g/mol. The van der Waals surface area contributed by atoms with E-state index in [1.165, 1.54) is 5.56 Å². The average Bonchev–Trinajstić information content (AvgIpc) is 2.36. The van der Waals surface area contributed by atoms with Crippen molar-refractivity contribution in [3.05, 3.63) is 35.9 Å². The number of aryl methyl sites for hydroxylation is 1. The first-order valence-corrected chi connectivity index (χ1v) is 7.17. The van der Waals surface area contributed by atoms with Gasteiger partial charge in [0.25, 0.3) is 0 Å². The van der Waals surface area contributed by atoms with Crippen LogP contribution < -0.4 is 5.73 Å². The highest BCUT2D eigenvalue weighted by atomic mass is 15.1. The van der Waals surface area contributed by atoms with Crippen LogP contribution in [0.3, 0.4) is 0 Å². The lowest BCUT2D eigenvalue weighted by Gasteiger charge is -2.24. The molecule has 19 heavy (non-hydrogen) atoms. The molecule has 0 unspecified atom stereocenters. The van der Waals surface area contributed by atoms with Crippen molar-refractivity contribution in [2.45, 2.75) is 33.1 Å². The zero-order valence-electron chi connectivity index (χ0n) is 12.2. The zero-order chi connectivity index (χ0) is 14.1. The van der Waals surface area contributed by atoms with Crippen LogP contribution in [0.4, 0.5) is 0 Å². The van der Waals surface area contributed by atoms with Gasteiger partial charge >= 0.3 is 0 Å². The normalized spacial score (nSPS) is 11.2. The Kier molecular flexibility index (Phi) is 7.19. The van der Waals surface area contributed by atoms with Gasteiger partial charge in [0.1, 0.15) is 0 Å². The number of amidine groups is 1. The Morgan fingerprint density at radius 2 is 1.89 bits per heavy atom. The summed E-state index contributed by atoms with van der Waals surface area (Å²) >= 11 is 0. The Morgan fingerprint density at radius 1 is 1.21 bits per heavy atom. The molecule has 0 saturated heterocycles. The fourth-order valence-corrected chi connectivity index (χ4v) is 2.24. The topological polar surface area (TPSA) is 53.1 Å². The molecule has 0 bridgehead atoms. The minimum absolute atomic E-state index is 0.289. The molecule has 0 aliphatic rings. The number of rotatable bonds is 9. The molecule has 0 radical (unpaired) electrons. The maximum Gasteiger partial charge on any atom is 0.0918 e. The molecule has 0 spiro atoms. The predicted octanol–water partition coefficient (Wildman–Crippen LogP) is 2.90. The number of nitrogens with two attached hydrogens (primary N) is 1. The van der Waals surface area contributed by atoms with E-state index in [0.717, 1.165) is 32.5 Å². The number of benzene rings is 1. The Labute approximate surface area is 117 Å². The second-order valence-corrected chi connectivity index (χ2v) is 5.56. The minimum atomic E-state index is 0.289. The Balaban J connectivity index is 2.33. The molecule has 1 aromatic carbocycles. The molecule has 0 heterocycles. The fraction of sp³-hybridized carbons (Fsp3) is 0.562. The summed E-state index contributed by atoms with van der Waals surface area (Å²) in [7, 11) is 0. The van der Waals surface area contributed by atoms with Crippen LogP contribution in [-0.2, 0) is 6.42 Å². The smallest absolute Gasteiger partial charge is 0.0918 e. The maximum atomic E-state index is 7.33. The van der Waals surface area contributed by atoms with Crippen molar-refractivity contribution in [3.8, 4) is 0 Å². The van der Waals surface area contributed by atoms with Crippen LogP contribution >= 0.6 is 0 Å². The Hall–Kier alpha value is -1.35. The van der Waals surface area contributed by atoms with E-state index in [9.17, 15) is 0 Å². The molecule has 0 saturated carbocycles. The maximum absolute atomic E-state index is 7.33. The van der Waals surface area contributed by atoms with E-state index in [4.69, 9.17) is 11.1 Å². The van der Waals surface area contributed by atoms with Gasteiger partial charge in [0, 0.05) is 19.5 Å². The van der Waals surface area contributed by atoms with Gasteiger partial charge < -0.3 is 10.6 Å². The first-order valence-electron chi connectivity index (χ1n) is 7.17. The second kappa shape index (κ2) is 8.70. The van der Waals surface area contributed by atoms with Gasteiger partial charge in [0.15, 0.2) is 0 Å². The van der Waals surface area contributed by atoms with Crippen LogP contribution in [-0.4, -0.2) is 30.4 Å². The van der Waals surface area contributed by atoms with Crippen LogP contribution in [0.2, 0.25) is 0 Å². The lowest BCUT2D eigenvalue weighted by Crippen LogP contribution is -2.32. The highest BCUT2D eigenvalue weighted by Crippen LogP contribution is 2.06. The first kappa shape index (κ1) is 15.7. The number of nitrogens with zero attached hydrogens (tertiary/aromatic N) is 1. The number of hydrogen-bond donors (Lipinski definition) is 2. The van der Waals surface area contributed by atoms with Gasteiger partial charge in [0.2, 0.25) is 0 Å². The van der Waals surface area contributed by atoms with E-state index < -0.39 is 0 Å². The minimum Gasteiger partial charge on any atom is -0.388 e. The molecular weight excluding hydrogens is 234 g/mol. The van der Waals surface area contributed by atoms with Crippen molar-refractivity contribution >= 4 is 5.84 Å². The van der Waals surface area contributed by atoms with E-state index >= 15 is 0 Å². The summed E-state index contributed by atoms with van der Waals surface area (Å²) in [6.07, 6.45) is 2.96. The molecule has 0 aliphatic carbocycles. The summed E-state index contributed by atoms with van der Waals surface area (Å²) in [5, 5.41) is 7.33. The van der Waals surface area contributed by atoms with Crippen molar-refractivity contribution in [2.75, 3.05) is 19.6 Å². The van der Waals surface area contributed by atoms with Gasteiger partial charge in [-0.1, -0.05) is 44.2 Å². The standard InChI is InChI=1S/C16H27N3/c1-14(2)13-19(12-10-16(17)18)11-6-9-15-7-4-3-5-8-15/h3-5,7-8,14H,6,9-13H2,1-2H3,(H3,17,18). The van der Waals surface area contributed by atoms with E-state index in [2.05, 4.69) is 49.1 Å². The van der Waals surface area contributed by atoms with Crippen molar-refractivity contribution in [2.24, 2.45) is 11.7 Å². The summed E-state index contributed by atoms with van der Waals surface area (Å²) in [5.41, 5.74) is 6.85. The van der Waals surface area contributed by atoms with Crippen molar-refractivity contribution in [1.82, 2.24) is 4.90 Å². The van der Waals surface area contributed by atoms with Crippen molar-refractivity contribution in [3.63, 3.8) is 0 Å². The van der Waals surface area contributed by atoms with E-state index in [1.807, 2.05) is 0 Å². The van der Waals surface area contributed by atoms with Gasteiger partial charge in [-0.3, -0.25) is 5.41 Å². The molecule has 3 heteroatoms. The van der Waals surface area contributed by atoms with Crippen LogP contribution in [0.1, 0.15) is 32.3 Å². The third-order valence-corrected chi connectivity index (χ3v) is 3.10. The fourth-order valence-electron chi connectivity index (χ4n) is 2.24. The van der Waals surface area contributed by atoms with E-state index in [-0.39, 0.29) is 5.84 Å². The lowest BCUT2D eigenvalue weighted by atomic mass is 10.1. The molecule has 0 atom stereocenters. The van der Waals surface area contributed by atoms with Crippen LogP contribution in [0.15, 0.2) is 30.3 Å². The molecule has 0 fully saturated rings. The molecule has 3 N–H and O–H groups in total. The highest BCUT2D eigenvalue weighted by molar-refractivity contribution is 5.76. The third kappa shape index (κ3) is 7.62. The van der Waals surface area contributed by atoms with Gasteiger partial charge in [-0.2, -0.15) is 0 Å². The number of nitrogens with one attached hydrogen (secondary N) is 1. The third-order valence-electron chi connectivity index (χ3n) is 3.10. The van der Waals surface area contributed by atoms with Crippen LogP contribution in [0.5, 0.6) is 0 Å². The largest absolute Gasteiger partial charge is 0.388 e. The predicted molar refractivity (Wildman–Crippen MR) is 82.6 cm³/mol. The average molecular weight is 261 g/mol. The molecule has 1 rings (SSSR count). The lowest BCUT2D eigenvalue weighted by molar-refractivity contribution is 0.247. The first-order chi connectivity index (χ1) is 9.08. The summed E-state index contributed by atoms with van der Waals surface area (Å²) in [6, 6.07) is 10.6. The summed E-state index contributed by atoms with van der Waals surface area (Å²) in [5.74, 6) is 0.945. The molecule has 0 amide bonds. The van der Waals surface area contributed by atoms with E-state index in [0.29, 0.717) is 12.3 Å². The summed E-state index contributed by atoms with van der Waals surface area (Å²) in [6.45, 7) is 7.54. The molecule has 1 aromatic rings. The van der Waals surface area contributed by atoms with Crippen LogP contribution in [0, 0.1) is 11.3 Å². The molecule has 106 valence electrons. The van der Waals surface area contributed by atoms with Crippen molar-refractivity contribution < 1.29 is 0 Å². The molecule has 0 aliphatic heterocycles. The second-order valence-electron chi connectivity index (χ2n) is 5.56. The Morgan fingerprint density at radius 3 is 2.47 bits per heavy atom. The van der Waals surface area contributed by atoms with Crippen LogP contribution in [0.25, 0.3) is 0 Å². The zero-order valence-corrected chi connectivity index (χ0v) is 12.2. The number of hydrogen-bond acceptors (Lipinski definition) is 2. The Bertz CT molecular complexity index is 360. The SMILES string of the molecule is CC(C)CN(CCCc1ccccc1)CCC(=N)N. The van der Waals surface area contributed by atoms with Gasteiger partial charge in [-0.25, -0.2) is 0 Å². The quantitative estimate of drug-likeness (QED) is 0.530. The molecule has 0 aromatic heterocycles. The molecule has 3 nitrogen and oxygen atoms in total. The van der Waals surface area contributed by atoms with Gasteiger partial charge in [0.05, 0.1) is 5.84 Å². The molecular formula is C16H27N3. The highest BCUT2D eigenvalue weighted by Gasteiger charge is 2.07.